The van der Waals surface area contributed by atoms with Crippen LogP contribution in [0.4, 0.5) is 35.2 Å². The molecule has 7 nitrogen and oxygen atoms in total. The van der Waals surface area contributed by atoms with Gasteiger partial charge in [0.2, 0.25) is 5.91 Å². The van der Waals surface area contributed by atoms with Crippen LogP contribution in [-0.2, 0) is 11.0 Å². The van der Waals surface area contributed by atoms with Crippen LogP contribution < -0.4 is 15.1 Å². The summed E-state index contributed by atoms with van der Waals surface area (Å²) < 4.78 is 38.1. The van der Waals surface area contributed by atoms with Crippen molar-refractivity contribution in [3.8, 4) is 0 Å². The fourth-order valence-electron chi connectivity index (χ4n) is 3.77. The van der Waals surface area contributed by atoms with Crippen LogP contribution in [0.2, 0.25) is 5.02 Å². The molecule has 2 aromatic rings. The van der Waals surface area contributed by atoms with Crippen LogP contribution in [0.5, 0.6) is 0 Å². The highest BCUT2D eigenvalue weighted by Gasteiger charge is 2.31. The number of piperazine rings is 1. The fraction of sp³-hybridized carbons (Fsp3) is 0.381. The minimum atomic E-state index is -4.43. The van der Waals surface area contributed by atoms with Gasteiger partial charge in [-0.1, -0.05) is 11.6 Å². The highest BCUT2D eigenvalue weighted by molar-refractivity contribution is 6.33. The van der Waals surface area contributed by atoms with Crippen molar-refractivity contribution >= 4 is 40.7 Å². The van der Waals surface area contributed by atoms with E-state index in [4.69, 9.17) is 11.6 Å². The molecule has 1 aromatic heterocycles. The largest absolute Gasteiger partial charge is 0.417 e. The molecule has 1 aromatic carbocycles. The van der Waals surface area contributed by atoms with Crippen LogP contribution in [0.1, 0.15) is 18.4 Å². The molecule has 0 spiro atoms. The second-order valence-electron chi connectivity index (χ2n) is 7.62. The lowest BCUT2D eigenvalue weighted by molar-refractivity contribution is -0.137. The molecule has 0 bridgehead atoms. The van der Waals surface area contributed by atoms with E-state index < -0.39 is 11.7 Å². The third kappa shape index (κ3) is 4.74. The number of amides is 3. The number of hydrogen-bond donors (Lipinski definition) is 1. The van der Waals surface area contributed by atoms with Crippen LogP contribution >= 0.6 is 11.6 Å². The molecular weight excluding hydrogens is 447 g/mol. The molecule has 2 aliphatic heterocycles. The van der Waals surface area contributed by atoms with Gasteiger partial charge in [0.1, 0.15) is 5.82 Å². The Morgan fingerprint density at radius 1 is 1.06 bits per heavy atom. The molecule has 2 saturated heterocycles. The Kier molecular flexibility index (Phi) is 6.14. The van der Waals surface area contributed by atoms with Crippen LogP contribution in [0.15, 0.2) is 36.5 Å². The molecule has 2 fully saturated rings. The van der Waals surface area contributed by atoms with Crippen LogP contribution in [0.3, 0.4) is 0 Å². The van der Waals surface area contributed by atoms with E-state index in [1.165, 1.54) is 6.07 Å². The number of hydrogen-bond acceptors (Lipinski definition) is 4. The lowest BCUT2D eigenvalue weighted by Gasteiger charge is -2.35. The minimum Gasteiger partial charge on any atom is -0.353 e. The van der Waals surface area contributed by atoms with E-state index in [9.17, 15) is 22.8 Å². The van der Waals surface area contributed by atoms with E-state index in [1.54, 1.807) is 28.0 Å². The number of nitrogens with zero attached hydrogens (tertiary/aromatic N) is 4. The smallest absolute Gasteiger partial charge is 0.353 e. The average Bonchev–Trinajstić information content (AvgIpc) is 3.21. The number of urea groups is 1. The van der Waals surface area contributed by atoms with E-state index in [0.717, 1.165) is 18.7 Å². The van der Waals surface area contributed by atoms with E-state index in [0.29, 0.717) is 61.4 Å². The summed E-state index contributed by atoms with van der Waals surface area (Å²) in [5.74, 6) is 0.474. The summed E-state index contributed by atoms with van der Waals surface area (Å²) in [6.07, 6.45) is -2.32. The number of pyridine rings is 1. The molecule has 11 heteroatoms. The standard InChI is InChI=1S/C21H21ClF3N5O2/c22-16-5-4-15(30-7-1-2-19(30)31)12-17(16)27-20(32)29-10-8-28(9-11-29)18-6-3-14(13-26-18)21(23,24)25/h3-6,12-13H,1-2,7-11H2,(H,27,32). The van der Waals surface area contributed by atoms with Crippen LogP contribution in [0.25, 0.3) is 0 Å². The number of benzene rings is 1. The second-order valence-corrected chi connectivity index (χ2v) is 8.03. The van der Waals surface area contributed by atoms with Crippen molar-refractivity contribution in [2.45, 2.75) is 19.0 Å². The maximum Gasteiger partial charge on any atom is 0.417 e. The zero-order valence-electron chi connectivity index (χ0n) is 17.0. The van der Waals surface area contributed by atoms with Crippen molar-refractivity contribution in [3.05, 3.63) is 47.1 Å². The SMILES string of the molecule is O=C(Nc1cc(N2CCCC2=O)ccc1Cl)N1CCN(c2ccc(C(F)(F)F)cn2)CC1. The normalized spacial score (nSPS) is 17.1. The number of anilines is 3. The van der Waals surface area contributed by atoms with Crippen molar-refractivity contribution in [1.29, 1.82) is 0 Å². The van der Waals surface area contributed by atoms with Gasteiger partial charge in [-0.3, -0.25) is 4.79 Å². The predicted molar refractivity (Wildman–Crippen MR) is 115 cm³/mol. The maximum atomic E-state index is 12.7. The predicted octanol–water partition coefficient (Wildman–Crippen LogP) is 4.23. The Labute approximate surface area is 187 Å². The quantitative estimate of drug-likeness (QED) is 0.733. The Bertz CT molecular complexity index is 1010. The summed E-state index contributed by atoms with van der Waals surface area (Å²) in [6.45, 7) is 2.24. The maximum absolute atomic E-state index is 12.7. The van der Waals surface area contributed by atoms with E-state index in [2.05, 4.69) is 10.3 Å². The summed E-state index contributed by atoms with van der Waals surface area (Å²) in [5.41, 5.74) is 0.306. The molecule has 0 aliphatic carbocycles. The third-order valence-electron chi connectivity index (χ3n) is 5.54. The first-order valence-corrected chi connectivity index (χ1v) is 10.5. The molecule has 4 rings (SSSR count). The van der Waals surface area contributed by atoms with Gasteiger partial charge in [-0.25, -0.2) is 9.78 Å². The van der Waals surface area contributed by atoms with Gasteiger partial charge < -0.3 is 20.0 Å². The average molecular weight is 468 g/mol. The topological polar surface area (TPSA) is 68.8 Å². The van der Waals surface area contributed by atoms with Gasteiger partial charge >= 0.3 is 12.2 Å². The lowest BCUT2D eigenvalue weighted by Crippen LogP contribution is -2.50. The summed E-state index contributed by atoms with van der Waals surface area (Å²) in [6, 6.07) is 7.08. The van der Waals surface area contributed by atoms with Crippen molar-refractivity contribution in [2.24, 2.45) is 0 Å². The molecule has 0 atom stereocenters. The van der Waals surface area contributed by atoms with Gasteiger partial charge in [0, 0.05) is 51.0 Å². The highest BCUT2D eigenvalue weighted by atomic mass is 35.5. The van der Waals surface area contributed by atoms with Gasteiger partial charge in [0.15, 0.2) is 0 Å². The van der Waals surface area contributed by atoms with Crippen LogP contribution in [0, 0.1) is 0 Å². The molecule has 0 unspecified atom stereocenters. The number of aromatic nitrogens is 1. The van der Waals surface area contributed by atoms with Crippen molar-refractivity contribution < 1.29 is 22.8 Å². The Morgan fingerprint density at radius 3 is 2.41 bits per heavy atom. The first-order valence-electron chi connectivity index (χ1n) is 10.2. The van der Waals surface area contributed by atoms with Crippen molar-refractivity contribution in [1.82, 2.24) is 9.88 Å². The lowest BCUT2D eigenvalue weighted by atomic mass is 10.2. The summed E-state index contributed by atoms with van der Waals surface area (Å²) >= 11 is 6.24. The molecule has 1 N–H and O–H groups in total. The van der Waals surface area contributed by atoms with Gasteiger partial charge in [-0.05, 0) is 36.8 Å². The number of alkyl halides is 3. The Morgan fingerprint density at radius 2 is 1.81 bits per heavy atom. The van der Waals surface area contributed by atoms with Crippen LogP contribution in [-0.4, -0.2) is 54.5 Å². The molecular formula is C21H21ClF3N5O2. The highest BCUT2D eigenvalue weighted by Crippen LogP contribution is 2.31. The molecule has 0 radical (unpaired) electrons. The summed E-state index contributed by atoms with van der Waals surface area (Å²) in [4.78, 5) is 33.7. The van der Waals surface area contributed by atoms with E-state index in [-0.39, 0.29) is 11.9 Å². The zero-order valence-corrected chi connectivity index (χ0v) is 17.8. The summed E-state index contributed by atoms with van der Waals surface area (Å²) in [5, 5.41) is 3.16. The number of nitrogens with one attached hydrogen (secondary N) is 1. The van der Waals surface area contributed by atoms with Gasteiger partial charge in [0.05, 0.1) is 16.3 Å². The van der Waals surface area contributed by atoms with E-state index in [1.807, 2.05) is 4.90 Å². The third-order valence-corrected chi connectivity index (χ3v) is 5.87. The van der Waals surface area contributed by atoms with Gasteiger partial charge in [-0.15, -0.1) is 0 Å². The molecule has 3 amide bonds. The van der Waals surface area contributed by atoms with Crippen molar-refractivity contribution in [2.75, 3.05) is 47.8 Å². The number of carbonyl (C=O) groups excluding carboxylic acids is 2. The number of halogens is 4. The molecule has 170 valence electrons. The van der Waals surface area contributed by atoms with Crippen molar-refractivity contribution in [3.63, 3.8) is 0 Å². The number of carbonyl (C=O) groups is 2. The van der Waals surface area contributed by atoms with Gasteiger partial charge in [0.25, 0.3) is 0 Å². The zero-order chi connectivity index (χ0) is 22.9. The fourth-order valence-corrected chi connectivity index (χ4v) is 3.94. The van der Waals surface area contributed by atoms with Gasteiger partial charge in [-0.2, -0.15) is 13.2 Å². The Balaban J connectivity index is 1.36. The first-order chi connectivity index (χ1) is 15.2. The molecule has 3 heterocycles. The number of rotatable bonds is 3. The Hall–Kier alpha value is -3.01. The minimum absolute atomic E-state index is 0.0394. The van der Waals surface area contributed by atoms with E-state index >= 15 is 0 Å². The molecule has 2 aliphatic rings. The molecule has 0 saturated carbocycles. The second kappa shape index (κ2) is 8.85. The first kappa shape index (κ1) is 22.2. The summed E-state index contributed by atoms with van der Waals surface area (Å²) in [7, 11) is 0. The monoisotopic (exact) mass is 467 g/mol. The molecule has 32 heavy (non-hydrogen) atoms.